The lowest BCUT2D eigenvalue weighted by atomic mass is 10.1. The first-order chi connectivity index (χ1) is 9.66. The fourth-order valence-electron chi connectivity index (χ4n) is 1.97. The monoisotopic (exact) mass is 290 g/mol. The minimum atomic E-state index is -0.867. The molecule has 0 fully saturated rings. The van der Waals surface area contributed by atoms with Crippen LogP contribution in [0.2, 0.25) is 0 Å². The standard InChI is InChI=1S/C16H18O3S/c1-12-14(10-15(20-12)16(17)18)11-19-9-5-8-13-6-3-2-4-7-13/h2-4,6-7,10H,5,8-9,11H2,1H3,(H,17,18). The van der Waals surface area contributed by atoms with E-state index in [0.717, 1.165) is 23.3 Å². The van der Waals surface area contributed by atoms with Gasteiger partial charge in [-0.05, 0) is 37.0 Å². The van der Waals surface area contributed by atoms with Crippen molar-refractivity contribution >= 4 is 17.3 Å². The van der Waals surface area contributed by atoms with Crippen LogP contribution in [0.25, 0.3) is 0 Å². The summed E-state index contributed by atoms with van der Waals surface area (Å²) < 4.78 is 5.63. The van der Waals surface area contributed by atoms with E-state index in [4.69, 9.17) is 9.84 Å². The fraction of sp³-hybridized carbons (Fsp3) is 0.312. The van der Waals surface area contributed by atoms with Gasteiger partial charge in [0, 0.05) is 11.5 Å². The van der Waals surface area contributed by atoms with Gasteiger partial charge in [-0.25, -0.2) is 4.79 Å². The first-order valence-electron chi connectivity index (χ1n) is 6.61. The molecule has 0 aliphatic carbocycles. The topological polar surface area (TPSA) is 46.5 Å². The Morgan fingerprint density at radius 2 is 2.05 bits per heavy atom. The average molecular weight is 290 g/mol. The van der Waals surface area contributed by atoms with Crippen molar-refractivity contribution in [1.29, 1.82) is 0 Å². The zero-order valence-electron chi connectivity index (χ0n) is 11.5. The molecule has 0 saturated carbocycles. The molecule has 0 aliphatic rings. The van der Waals surface area contributed by atoms with E-state index in [1.54, 1.807) is 6.07 Å². The summed E-state index contributed by atoms with van der Waals surface area (Å²) in [6, 6.07) is 12.0. The van der Waals surface area contributed by atoms with Crippen molar-refractivity contribution in [2.45, 2.75) is 26.4 Å². The van der Waals surface area contributed by atoms with E-state index in [-0.39, 0.29) is 0 Å². The minimum absolute atomic E-state index is 0.380. The third-order valence-corrected chi connectivity index (χ3v) is 4.17. The molecule has 0 saturated heterocycles. The van der Waals surface area contributed by atoms with Crippen molar-refractivity contribution in [3.63, 3.8) is 0 Å². The normalized spacial score (nSPS) is 10.7. The molecule has 0 spiro atoms. The van der Waals surface area contributed by atoms with Gasteiger partial charge >= 0.3 is 5.97 Å². The number of aromatic carboxylic acids is 1. The predicted molar refractivity (Wildman–Crippen MR) is 80.4 cm³/mol. The van der Waals surface area contributed by atoms with Crippen LogP contribution < -0.4 is 0 Å². The van der Waals surface area contributed by atoms with Gasteiger partial charge in [-0.15, -0.1) is 11.3 Å². The number of hydrogen-bond donors (Lipinski definition) is 1. The predicted octanol–water partition coefficient (Wildman–Crippen LogP) is 3.90. The average Bonchev–Trinajstić information content (AvgIpc) is 2.81. The summed E-state index contributed by atoms with van der Waals surface area (Å²) in [5.41, 5.74) is 2.29. The van der Waals surface area contributed by atoms with Crippen LogP contribution in [-0.2, 0) is 17.8 Å². The number of hydrogen-bond acceptors (Lipinski definition) is 3. The number of thiophene rings is 1. The first kappa shape index (κ1) is 14.8. The molecule has 2 rings (SSSR count). The van der Waals surface area contributed by atoms with E-state index in [0.29, 0.717) is 18.1 Å². The molecule has 20 heavy (non-hydrogen) atoms. The third kappa shape index (κ3) is 4.18. The molecule has 0 aliphatic heterocycles. The number of carboxylic acids is 1. The summed E-state index contributed by atoms with van der Waals surface area (Å²) >= 11 is 1.30. The highest BCUT2D eigenvalue weighted by molar-refractivity contribution is 7.14. The Morgan fingerprint density at radius 3 is 2.70 bits per heavy atom. The van der Waals surface area contributed by atoms with Crippen LogP contribution in [0.3, 0.4) is 0 Å². The highest BCUT2D eigenvalue weighted by Gasteiger charge is 2.10. The number of carbonyl (C=O) groups is 1. The van der Waals surface area contributed by atoms with Gasteiger partial charge in [-0.3, -0.25) is 0 Å². The van der Waals surface area contributed by atoms with Crippen molar-refractivity contribution in [3.8, 4) is 0 Å². The summed E-state index contributed by atoms with van der Waals surface area (Å²) in [4.78, 5) is 12.3. The van der Waals surface area contributed by atoms with Crippen LogP contribution in [-0.4, -0.2) is 17.7 Å². The molecule has 0 amide bonds. The Labute approximate surface area is 122 Å². The minimum Gasteiger partial charge on any atom is -0.477 e. The van der Waals surface area contributed by atoms with Crippen LogP contribution in [0.1, 0.15) is 32.1 Å². The number of benzene rings is 1. The van der Waals surface area contributed by atoms with Gasteiger partial charge in [0.05, 0.1) is 6.61 Å². The van der Waals surface area contributed by atoms with Gasteiger partial charge in [0.15, 0.2) is 0 Å². The molecule has 0 atom stereocenters. The molecule has 1 aromatic carbocycles. The Hall–Kier alpha value is -1.65. The van der Waals surface area contributed by atoms with Gasteiger partial charge < -0.3 is 9.84 Å². The molecule has 2 aromatic rings. The summed E-state index contributed by atoms with van der Waals surface area (Å²) in [6.07, 6.45) is 1.98. The van der Waals surface area contributed by atoms with Gasteiger partial charge in [0.25, 0.3) is 0 Å². The molecule has 1 aromatic heterocycles. The summed E-state index contributed by atoms with van der Waals surface area (Å²) in [6.45, 7) is 3.11. The summed E-state index contributed by atoms with van der Waals surface area (Å²) in [7, 11) is 0. The van der Waals surface area contributed by atoms with Crippen LogP contribution in [0.5, 0.6) is 0 Å². The fourth-order valence-corrected chi connectivity index (χ4v) is 2.84. The summed E-state index contributed by atoms with van der Waals surface area (Å²) in [5.74, 6) is -0.867. The van der Waals surface area contributed by atoms with Gasteiger partial charge in [0.2, 0.25) is 0 Å². The lowest BCUT2D eigenvalue weighted by molar-refractivity contribution is 0.0702. The Morgan fingerprint density at radius 1 is 1.30 bits per heavy atom. The van der Waals surface area contributed by atoms with Gasteiger partial charge in [-0.2, -0.15) is 0 Å². The summed E-state index contributed by atoms with van der Waals surface area (Å²) in [5, 5.41) is 8.93. The van der Waals surface area contributed by atoms with E-state index >= 15 is 0 Å². The maximum Gasteiger partial charge on any atom is 0.345 e. The van der Waals surface area contributed by atoms with E-state index in [2.05, 4.69) is 12.1 Å². The highest BCUT2D eigenvalue weighted by Crippen LogP contribution is 2.22. The molecular formula is C16H18O3S. The van der Waals surface area contributed by atoms with Crippen LogP contribution in [0.4, 0.5) is 0 Å². The van der Waals surface area contributed by atoms with Crippen LogP contribution in [0, 0.1) is 6.92 Å². The number of rotatable bonds is 7. The molecule has 1 heterocycles. The molecular weight excluding hydrogens is 272 g/mol. The largest absolute Gasteiger partial charge is 0.477 e. The second-order valence-electron chi connectivity index (χ2n) is 4.64. The van der Waals surface area contributed by atoms with Crippen LogP contribution in [0.15, 0.2) is 36.4 Å². The first-order valence-corrected chi connectivity index (χ1v) is 7.42. The van der Waals surface area contributed by atoms with E-state index < -0.39 is 5.97 Å². The van der Waals surface area contributed by atoms with Crippen LogP contribution >= 0.6 is 11.3 Å². The second-order valence-corrected chi connectivity index (χ2v) is 5.90. The molecule has 106 valence electrons. The zero-order chi connectivity index (χ0) is 14.4. The molecule has 0 unspecified atom stereocenters. The van der Waals surface area contributed by atoms with E-state index in [1.165, 1.54) is 16.9 Å². The highest BCUT2D eigenvalue weighted by atomic mass is 32.1. The van der Waals surface area contributed by atoms with Gasteiger partial charge in [-0.1, -0.05) is 30.3 Å². The Kier molecular flexibility index (Phi) is 5.32. The number of ether oxygens (including phenoxy) is 1. The van der Waals surface area contributed by atoms with Gasteiger partial charge in [0.1, 0.15) is 4.88 Å². The maximum absolute atomic E-state index is 10.9. The SMILES string of the molecule is Cc1sc(C(=O)O)cc1COCCCc1ccccc1. The maximum atomic E-state index is 10.9. The second kappa shape index (κ2) is 7.22. The Bertz CT molecular complexity index is 560. The van der Waals surface area contributed by atoms with Crippen molar-refractivity contribution in [3.05, 3.63) is 57.3 Å². The third-order valence-electron chi connectivity index (χ3n) is 3.09. The lowest BCUT2D eigenvalue weighted by Gasteiger charge is -2.04. The molecule has 3 nitrogen and oxygen atoms in total. The molecule has 4 heteroatoms. The van der Waals surface area contributed by atoms with E-state index in [9.17, 15) is 4.79 Å². The lowest BCUT2D eigenvalue weighted by Crippen LogP contribution is -1.98. The zero-order valence-corrected chi connectivity index (χ0v) is 12.3. The molecule has 0 bridgehead atoms. The smallest absolute Gasteiger partial charge is 0.345 e. The van der Waals surface area contributed by atoms with Crippen molar-refractivity contribution < 1.29 is 14.6 Å². The Balaban J connectivity index is 1.72. The quantitative estimate of drug-likeness (QED) is 0.787. The van der Waals surface area contributed by atoms with E-state index in [1.807, 2.05) is 25.1 Å². The number of carboxylic acid groups (broad SMARTS) is 1. The molecule has 0 radical (unpaired) electrons. The van der Waals surface area contributed by atoms with Crippen molar-refractivity contribution in [1.82, 2.24) is 0 Å². The van der Waals surface area contributed by atoms with Crippen molar-refractivity contribution in [2.24, 2.45) is 0 Å². The molecule has 1 N–H and O–H groups in total. The number of aryl methyl sites for hydroxylation is 2. The van der Waals surface area contributed by atoms with Crippen molar-refractivity contribution in [2.75, 3.05) is 6.61 Å².